The maximum Gasteiger partial charge on any atom is 0.119 e. The Labute approximate surface area is 112 Å². The Kier molecular flexibility index (Phi) is 5.97. The van der Waals surface area contributed by atoms with Crippen molar-refractivity contribution in [1.29, 1.82) is 0 Å². The summed E-state index contributed by atoms with van der Waals surface area (Å²) in [5, 5.41) is 0. The molecule has 0 aliphatic heterocycles. The fourth-order valence-corrected chi connectivity index (χ4v) is 1.79. The van der Waals surface area contributed by atoms with Crippen molar-refractivity contribution in [3.63, 3.8) is 0 Å². The third-order valence-electron chi connectivity index (χ3n) is 2.85. The second-order valence-electron chi connectivity index (χ2n) is 5.21. The Morgan fingerprint density at radius 2 is 2.06 bits per heavy atom. The molecule has 0 bridgehead atoms. The van der Waals surface area contributed by atoms with Crippen LogP contribution in [0.15, 0.2) is 30.9 Å². The molecule has 1 heteroatoms. The minimum absolute atomic E-state index is 0.549. The average molecular weight is 245 g/mol. The molecule has 0 saturated heterocycles. The highest BCUT2D eigenvalue weighted by Gasteiger charge is 2.07. The number of benzene rings is 1. The Hall–Kier alpha value is -1.24. The number of hydrogen-bond acceptors (Lipinski definition) is 1. The van der Waals surface area contributed by atoms with Crippen molar-refractivity contribution in [2.24, 2.45) is 5.92 Å². The van der Waals surface area contributed by atoms with Crippen molar-refractivity contribution < 1.29 is 4.74 Å². The molecule has 18 heavy (non-hydrogen) atoms. The van der Waals surface area contributed by atoms with Crippen LogP contribution in [-0.4, -0.2) is 6.61 Å². The molecule has 0 atom stereocenters. The van der Waals surface area contributed by atoms with Gasteiger partial charge in [-0.05, 0) is 35.6 Å². The van der Waals surface area contributed by atoms with E-state index >= 15 is 0 Å². The van der Waals surface area contributed by atoms with Crippen LogP contribution in [0.3, 0.4) is 0 Å². The molecule has 1 aromatic carbocycles. The summed E-state index contributed by atoms with van der Waals surface area (Å²) >= 11 is 0. The summed E-state index contributed by atoms with van der Waals surface area (Å²) in [4.78, 5) is 0. The van der Waals surface area contributed by atoms with Gasteiger partial charge in [-0.1, -0.05) is 46.3 Å². The minimum Gasteiger partial charge on any atom is -0.493 e. The molecule has 1 radical (unpaired) electrons. The number of ether oxygens (including phenoxy) is 1. The molecule has 0 aliphatic carbocycles. The van der Waals surface area contributed by atoms with Crippen LogP contribution in [-0.2, 0) is 6.42 Å². The highest BCUT2D eigenvalue weighted by atomic mass is 16.5. The van der Waals surface area contributed by atoms with Gasteiger partial charge in [0.05, 0.1) is 6.61 Å². The van der Waals surface area contributed by atoms with E-state index in [0.717, 1.165) is 25.2 Å². The van der Waals surface area contributed by atoms with Crippen molar-refractivity contribution in [2.75, 3.05) is 6.61 Å². The predicted octanol–water partition coefficient (Wildman–Crippen LogP) is 4.80. The first-order valence-corrected chi connectivity index (χ1v) is 6.80. The molecule has 0 unspecified atom stereocenters. The van der Waals surface area contributed by atoms with Crippen LogP contribution in [0, 0.1) is 11.8 Å². The Balaban J connectivity index is 2.93. The first kappa shape index (κ1) is 14.8. The second kappa shape index (κ2) is 7.25. The van der Waals surface area contributed by atoms with Gasteiger partial charge in [-0.3, -0.25) is 0 Å². The van der Waals surface area contributed by atoms with Crippen molar-refractivity contribution in [2.45, 2.75) is 40.5 Å². The van der Waals surface area contributed by atoms with E-state index in [0.29, 0.717) is 5.92 Å². The smallest absolute Gasteiger partial charge is 0.119 e. The van der Waals surface area contributed by atoms with Gasteiger partial charge in [0, 0.05) is 5.92 Å². The first-order valence-electron chi connectivity index (χ1n) is 6.80. The lowest BCUT2D eigenvalue weighted by atomic mass is 9.97. The largest absolute Gasteiger partial charge is 0.493 e. The summed E-state index contributed by atoms with van der Waals surface area (Å²) in [5.41, 5.74) is 2.56. The highest BCUT2D eigenvalue weighted by molar-refractivity contribution is 5.43. The fraction of sp³-hybridized carbons (Fsp3) is 0.471. The highest BCUT2D eigenvalue weighted by Crippen LogP contribution is 2.24. The van der Waals surface area contributed by atoms with Crippen molar-refractivity contribution in [3.8, 4) is 5.75 Å². The molecule has 0 aliphatic rings. The van der Waals surface area contributed by atoms with Crippen LogP contribution in [0.4, 0.5) is 0 Å². The molecule has 0 saturated carbocycles. The molecule has 1 aromatic rings. The number of rotatable bonds is 7. The predicted molar refractivity (Wildman–Crippen MR) is 79.0 cm³/mol. The molecule has 0 aromatic heterocycles. The summed E-state index contributed by atoms with van der Waals surface area (Å²) < 4.78 is 5.84. The Morgan fingerprint density at radius 3 is 2.61 bits per heavy atom. The average Bonchev–Trinajstić information content (AvgIpc) is 2.35. The van der Waals surface area contributed by atoms with Crippen LogP contribution < -0.4 is 4.74 Å². The van der Waals surface area contributed by atoms with Crippen molar-refractivity contribution in [1.82, 2.24) is 0 Å². The maximum absolute atomic E-state index is 5.84. The molecule has 0 fully saturated rings. The molecule has 0 heterocycles. The molecule has 99 valence electrons. The topological polar surface area (TPSA) is 9.23 Å². The van der Waals surface area contributed by atoms with Crippen molar-refractivity contribution >= 4 is 0 Å². The molecular formula is C17H25O. The lowest BCUT2D eigenvalue weighted by Gasteiger charge is -2.14. The van der Waals surface area contributed by atoms with Crippen LogP contribution in [0.1, 0.15) is 45.2 Å². The quantitative estimate of drug-likeness (QED) is 0.670. The minimum atomic E-state index is 0.549. The van der Waals surface area contributed by atoms with E-state index in [-0.39, 0.29) is 0 Å². The number of allylic oxidation sites excluding steroid dienone is 1. The van der Waals surface area contributed by atoms with E-state index in [2.05, 4.69) is 52.5 Å². The second-order valence-corrected chi connectivity index (χ2v) is 5.21. The third-order valence-corrected chi connectivity index (χ3v) is 2.85. The Morgan fingerprint density at radius 1 is 1.33 bits per heavy atom. The number of aryl methyl sites for hydroxylation is 1. The lowest BCUT2D eigenvalue weighted by Crippen LogP contribution is -2.05. The molecular weight excluding hydrogens is 220 g/mol. The normalized spacial score (nSPS) is 11.0. The molecule has 0 amide bonds. The SMILES string of the molecule is C=C[C](C)c1cc(CCC)cc(OCC(C)C)c1. The van der Waals surface area contributed by atoms with E-state index in [1.54, 1.807) is 0 Å². The summed E-state index contributed by atoms with van der Waals surface area (Å²) in [6.45, 7) is 13.2. The van der Waals surface area contributed by atoms with Gasteiger partial charge in [-0.15, -0.1) is 6.58 Å². The van der Waals surface area contributed by atoms with Crippen molar-refractivity contribution in [3.05, 3.63) is 47.9 Å². The van der Waals surface area contributed by atoms with Gasteiger partial charge >= 0.3 is 0 Å². The van der Waals surface area contributed by atoms with E-state index in [1.807, 2.05) is 6.08 Å². The fourth-order valence-electron chi connectivity index (χ4n) is 1.79. The van der Waals surface area contributed by atoms with Crippen LogP contribution >= 0.6 is 0 Å². The van der Waals surface area contributed by atoms with Gasteiger partial charge in [0.25, 0.3) is 0 Å². The standard InChI is InChI=1S/C17H25O/c1-6-8-15-9-16(14(5)7-2)11-17(10-15)18-12-13(3)4/h7,9-11,13H,2,6,8,12H2,1,3-5H3. The van der Waals surface area contributed by atoms with E-state index in [9.17, 15) is 0 Å². The van der Waals surface area contributed by atoms with Crippen LogP contribution in [0.2, 0.25) is 0 Å². The first-order chi connectivity index (χ1) is 8.56. The van der Waals surface area contributed by atoms with Gasteiger partial charge in [0.1, 0.15) is 5.75 Å². The van der Waals surface area contributed by atoms with Gasteiger partial charge < -0.3 is 4.74 Å². The van der Waals surface area contributed by atoms with Gasteiger partial charge in [0.15, 0.2) is 0 Å². The monoisotopic (exact) mass is 245 g/mol. The van der Waals surface area contributed by atoms with E-state index in [1.165, 1.54) is 17.0 Å². The summed E-state index contributed by atoms with van der Waals surface area (Å²) in [6.07, 6.45) is 4.15. The lowest BCUT2D eigenvalue weighted by molar-refractivity contribution is 0.270. The van der Waals surface area contributed by atoms with E-state index in [4.69, 9.17) is 4.74 Å². The number of hydrogen-bond donors (Lipinski definition) is 0. The molecule has 1 rings (SSSR count). The summed E-state index contributed by atoms with van der Waals surface area (Å²) in [7, 11) is 0. The summed E-state index contributed by atoms with van der Waals surface area (Å²) in [6, 6.07) is 6.51. The molecule has 0 N–H and O–H groups in total. The molecule has 0 spiro atoms. The maximum atomic E-state index is 5.84. The zero-order valence-corrected chi connectivity index (χ0v) is 12.1. The van der Waals surface area contributed by atoms with Gasteiger partial charge in [0.2, 0.25) is 0 Å². The van der Waals surface area contributed by atoms with Gasteiger partial charge in [-0.25, -0.2) is 0 Å². The van der Waals surface area contributed by atoms with Gasteiger partial charge in [-0.2, -0.15) is 0 Å². The summed E-state index contributed by atoms with van der Waals surface area (Å²) in [5.74, 6) is 2.72. The van der Waals surface area contributed by atoms with E-state index < -0.39 is 0 Å². The zero-order chi connectivity index (χ0) is 13.5. The Bertz CT molecular complexity index is 379. The zero-order valence-electron chi connectivity index (χ0n) is 12.1. The third kappa shape index (κ3) is 4.56. The van der Waals surface area contributed by atoms with Crippen LogP contribution in [0.25, 0.3) is 0 Å². The van der Waals surface area contributed by atoms with Crippen LogP contribution in [0.5, 0.6) is 5.75 Å². The molecule has 1 nitrogen and oxygen atoms in total.